The monoisotopic (exact) mass is 550 g/mol. The van der Waals surface area contributed by atoms with Crippen LogP contribution in [0.5, 0.6) is 5.75 Å². The molecule has 2 N–H and O–H groups in total. The maximum absolute atomic E-state index is 13.0. The van der Waals surface area contributed by atoms with Crippen molar-refractivity contribution >= 4 is 46.4 Å². The van der Waals surface area contributed by atoms with Crippen LogP contribution in [0, 0.1) is 0 Å². The fourth-order valence-corrected chi connectivity index (χ4v) is 4.33. The molecule has 1 aliphatic rings. The number of hydrogen-bond acceptors (Lipinski definition) is 7. The van der Waals surface area contributed by atoms with Gasteiger partial charge in [0.15, 0.2) is 0 Å². The van der Waals surface area contributed by atoms with Gasteiger partial charge in [0.05, 0.1) is 36.2 Å². The van der Waals surface area contributed by atoms with Crippen molar-refractivity contribution < 1.29 is 28.7 Å². The molecule has 5 rings (SSSR count). The van der Waals surface area contributed by atoms with Gasteiger partial charge < -0.3 is 19.7 Å². The molecule has 10 nitrogen and oxygen atoms in total. The van der Waals surface area contributed by atoms with Crippen molar-refractivity contribution in [2.24, 2.45) is 5.10 Å². The first-order chi connectivity index (χ1) is 20.0. The van der Waals surface area contributed by atoms with Crippen LogP contribution in [0.15, 0.2) is 96.1 Å². The zero-order chi connectivity index (χ0) is 28.6. The molecule has 0 aromatic heterocycles. The summed E-state index contributed by atoms with van der Waals surface area (Å²) in [5, 5.41) is 8.04. The summed E-state index contributed by atoms with van der Waals surface area (Å²) in [5.74, 6) is -2.63. The van der Waals surface area contributed by atoms with Crippen LogP contribution < -0.4 is 15.5 Å². The van der Waals surface area contributed by atoms with E-state index in [2.05, 4.69) is 15.8 Å². The number of morpholine rings is 1. The van der Waals surface area contributed by atoms with Crippen molar-refractivity contribution in [2.75, 3.05) is 31.6 Å². The van der Waals surface area contributed by atoms with E-state index in [1.165, 1.54) is 6.21 Å². The molecular weight excluding hydrogens is 524 g/mol. The third kappa shape index (κ3) is 6.45. The van der Waals surface area contributed by atoms with Crippen molar-refractivity contribution in [1.82, 2.24) is 10.3 Å². The van der Waals surface area contributed by atoms with Crippen molar-refractivity contribution in [3.63, 3.8) is 0 Å². The number of nitrogens with zero attached hydrogens (tertiary/aromatic N) is 2. The van der Waals surface area contributed by atoms with Gasteiger partial charge >= 0.3 is 17.8 Å². The average Bonchev–Trinajstić information content (AvgIpc) is 3.02. The Balaban J connectivity index is 1.30. The molecule has 0 bridgehead atoms. The highest BCUT2D eigenvalue weighted by Gasteiger charge is 2.23. The third-order valence-electron chi connectivity index (χ3n) is 6.41. The summed E-state index contributed by atoms with van der Waals surface area (Å²) in [5.41, 5.74) is 3.49. The normalized spacial score (nSPS) is 13.1. The lowest BCUT2D eigenvalue weighted by Gasteiger charge is -2.27. The van der Waals surface area contributed by atoms with E-state index in [-0.39, 0.29) is 22.9 Å². The number of rotatable bonds is 6. The summed E-state index contributed by atoms with van der Waals surface area (Å²) in [6.45, 7) is 1.75. The first-order valence-corrected chi connectivity index (χ1v) is 12.9. The molecule has 0 aliphatic carbocycles. The Bertz CT molecular complexity index is 1630. The lowest BCUT2D eigenvalue weighted by Crippen LogP contribution is -2.41. The molecule has 1 heterocycles. The summed E-state index contributed by atoms with van der Waals surface area (Å²) in [4.78, 5) is 52.6. The Morgan fingerprint density at radius 3 is 2.32 bits per heavy atom. The molecule has 1 saturated heterocycles. The summed E-state index contributed by atoms with van der Waals surface area (Å²) < 4.78 is 10.9. The predicted octanol–water partition coefficient (Wildman–Crippen LogP) is 3.62. The van der Waals surface area contributed by atoms with Crippen LogP contribution in [0.1, 0.15) is 26.3 Å². The van der Waals surface area contributed by atoms with Crippen LogP contribution in [0.3, 0.4) is 0 Å². The lowest BCUT2D eigenvalue weighted by atomic mass is 10.0. The molecule has 10 heteroatoms. The van der Waals surface area contributed by atoms with Crippen molar-refractivity contribution in [3.8, 4) is 5.75 Å². The molecule has 0 saturated carbocycles. The quantitative estimate of drug-likeness (QED) is 0.124. The number of anilines is 1. The van der Waals surface area contributed by atoms with Gasteiger partial charge in [-0.25, -0.2) is 10.2 Å². The van der Waals surface area contributed by atoms with Crippen molar-refractivity contribution in [1.29, 1.82) is 0 Å². The number of carbonyl (C=O) groups is 4. The van der Waals surface area contributed by atoms with Crippen LogP contribution in [0.2, 0.25) is 0 Å². The van der Waals surface area contributed by atoms with Gasteiger partial charge in [0.1, 0.15) is 5.75 Å². The Labute approximate surface area is 235 Å². The number of ether oxygens (including phenoxy) is 2. The summed E-state index contributed by atoms with van der Waals surface area (Å²) in [7, 11) is 0. The minimum absolute atomic E-state index is 0.206. The van der Waals surface area contributed by atoms with E-state index in [9.17, 15) is 19.2 Å². The molecule has 41 heavy (non-hydrogen) atoms. The lowest BCUT2D eigenvalue weighted by molar-refractivity contribution is -0.136. The molecule has 4 aromatic carbocycles. The Morgan fingerprint density at radius 1 is 0.805 bits per heavy atom. The fourth-order valence-electron chi connectivity index (χ4n) is 4.33. The molecule has 4 aromatic rings. The molecule has 1 fully saturated rings. The number of hydrogen-bond donors (Lipinski definition) is 2. The number of para-hydroxylation sites is 1. The van der Waals surface area contributed by atoms with E-state index in [0.717, 1.165) is 10.8 Å². The highest BCUT2D eigenvalue weighted by atomic mass is 16.5. The van der Waals surface area contributed by atoms with Crippen LogP contribution in [-0.2, 0) is 14.3 Å². The third-order valence-corrected chi connectivity index (χ3v) is 6.41. The SMILES string of the molecule is O=C(NN=Cc1c(OC(=O)c2ccccc2)ccc2ccccc12)C(=O)Nc1ccccc1C(=O)N1CCOCC1. The standard InChI is InChI=1S/C31H26N4O6/c36-28(33-26-13-7-6-12-24(26)30(38)35-16-18-40-19-17-35)29(37)34-32-20-25-23-11-5-4-8-21(23)14-15-27(25)41-31(39)22-9-2-1-3-10-22/h1-15,20H,16-19H2,(H,33,36)(H,34,37). The number of nitrogens with one attached hydrogen (secondary N) is 2. The number of hydrazone groups is 1. The van der Waals surface area contributed by atoms with Crippen molar-refractivity contribution in [3.05, 3.63) is 108 Å². The highest BCUT2D eigenvalue weighted by molar-refractivity contribution is 6.40. The van der Waals surface area contributed by atoms with Crippen LogP contribution in [-0.4, -0.2) is 61.1 Å². The second kappa shape index (κ2) is 12.7. The molecule has 0 unspecified atom stereocenters. The maximum Gasteiger partial charge on any atom is 0.343 e. The minimum Gasteiger partial charge on any atom is -0.422 e. The number of amides is 3. The van der Waals surface area contributed by atoms with Crippen molar-refractivity contribution in [2.45, 2.75) is 0 Å². The highest BCUT2D eigenvalue weighted by Crippen LogP contribution is 2.27. The largest absolute Gasteiger partial charge is 0.422 e. The van der Waals surface area contributed by atoms with Crippen LogP contribution in [0.4, 0.5) is 5.69 Å². The minimum atomic E-state index is -1.04. The van der Waals surface area contributed by atoms with Gasteiger partial charge in [-0.1, -0.05) is 60.7 Å². The smallest absolute Gasteiger partial charge is 0.343 e. The summed E-state index contributed by atoms with van der Waals surface area (Å²) in [6, 6.07) is 25.9. The van der Waals surface area contributed by atoms with Gasteiger partial charge in [0.25, 0.3) is 5.91 Å². The van der Waals surface area contributed by atoms with Gasteiger partial charge in [-0.2, -0.15) is 5.10 Å². The first kappa shape index (κ1) is 27.2. The Kier molecular flexibility index (Phi) is 8.41. The first-order valence-electron chi connectivity index (χ1n) is 12.9. The van der Waals surface area contributed by atoms with Gasteiger partial charge in [0, 0.05) is 18.7 Å². The molecule has 0 radical (unpaired) electrons. The molecule has 206 valence electrons. The van der Waals surface area contributed by atoms with Gasteiger partial charge in [0.2, 0.25) is 0 Å². The van der Waals surface area contributed by atoms with E-state index in [4.69, 9.17) is 9.47 Å². The van der Waals surface area contributed by atoms with Gasteiger partial charge in [-0.15, -0.1) is 0 Å². The van der Waals surface area contributed by atoms with Crippen LogP contribution >= 0.6 is 0 Å². The topological polar surface area (TPSA) is 126 Å². The molecule has 0 atom stereocenters. The summed E-state index contributed by atoms with van der Waals surface area (Å²) >= 11 is 0. The maximum atomic E-state index is 13.0. The molecule has 3 amide bonds. The van der Waals surface area contributed by atoms with Crippen LogP contribution in [0.25, 0.3) is 10.8 Å². The second-order valence-electron chi connectivity index (χ2n) is 9.06. The second-order valence-corrected chi connectivity index (χ2v) is 9.06. The van der Waals surface area contributed by atoms with E-state index < -0.39 is 17.8 Å². The number of fused-ring (bicyclic) bond motifs is 1. The molecule has 1 aliphatic heterocycles. The van der Waals surface area contributed by atoms with E-state index >= 15 is 0 Å². The number of benzene rings is 4. The number of esters is 1. The zero-order valence-electron chi connectivity index (χ0n) is 21.9. The molecule has 0 spiro atoms. The van der Waals surface area contributed by atoms with E-state index in [1.807, 2.05) is 30.3 Å². The van der Waals surface area contributed by atoms with E-state index in [0.29, 0.717) is 37.4 Å². The molecular formula is C31H26N4O6. The van der Waals surface area contributed by atoms with Gasteiger partial charge in [-0.05, 0) is 41.1 Å². The van der Waals surface area contributed by atoms with Gasteiger partial charge in [-0.3, -0.25) is 14.4 Å². The predicted molar refractivity (Wildman–Crippen MR) is 153 cm³/mol. The average molecular weight is 551 g/mol. The summed E-state index contributed by atoms with van der Waals surface area (Å²) in [6.07, 6.45) is 1.32. The number of carbonyl (C=O) groups excluding carboxylic acids is 4. The Morgan fingerprint density at radius 2 is 1.51 bits per heavy atom. The Hall–Kier alpha value is -5.35. The zero-order valence-corrected chi connectivity index (χ0v) is 21.9. The fraction of sp³-hybridized carbons (Fsp3) is 0.129. The van der Waals surface area contributed by atoms with E-state index in [1.54, 1.807) is 65.6 Å².